The zero-order chi connectivity index (χ0) is 9.99. The van der Waals surface area contributed by atoms with Crippen LogP contribution >= 0.6 is 11.6 Å². The number of rotatable bonds is 3. The zero-order valence-electron chi connectivity index (χ0n) is 9.16. The van der Waals surface area contributed by atoms with Gasteiger partial charge in [0.1, 0.15) is 0 Å². The van der Waals surface area contributed by atoms with Gasteiger partial charge in [0.15, 0.2) is 0 Å². The van der Waals surface area contributed by atoms with Crippen molar-refractivity contribution < 1.29 is 0 Å². The van der Waals surface area contributed by atoms with Crippen LogP contribution in [0.1, 0.15) is 48.0 Å². The van der Waals surface area contributed by atoms with Crippen LogP contribution in [-0.4, -0.2) is 4.87 Å². The van der Waals surface area contributed by atoms with Gasteiger partial charge < -0.3 is 0 Å². The van der Waals surface area contributed by atoms with Gasteiger partial charge in [-0.2, -0.15) is 0 Å². The van der Waals surface area contributed by atoms with Crippen LogP contribution in [0.2, 0.25) is 0 Å². The van der Waals surface area contributed by atoms with Gasteiger partial charge in [0.05, 0.1) is 0 Å². The van der Waals surface area contributed by atoms with E-state index in [1.165, 1.54) is 5.57 Å². The molecule has 72 valence electrons. The first-order valence-corrected chi connectivity index (χ1v) is 4.87. The maximum Gasteiger partial charge on any atom is 0.0444 e. The Hall–Kier alpha value is 0.0300. The molecule has 0 rings (SSSR count). The van der Waals surface area contributed by atoms with Crippen molar-refractivity contribution in [2.45, 2.75) is 52.8 Å². The van der Waals surface area contributed by atoms with Crippen LogP contribution in [0, 0.1) is 5.41 Å². The van der Waals surface area contributed by atoms with Crippen molar-refractivity contribution in [2.75, 3.05) is 0 Å². The fourth-order valence-corrected chi connectivity index (χ4v) is 0.779. The molecule has 0 saturated heterocycles. The molecule has 12 heavy (non-hydrogen) atoms. The van der Waals surface area contributed by atoms with Crippen molar-refractivity contribution in [3.05, 3.63) is 11.6 Å². The van der Waals surface area contributed by atoms with Gasteiger partial charge in [-0.05, 0) is 39.5 Å². The number of hydrogen-bond donors (Lipinski definition) is 0. The summed E-state index contributed by atoms with van der Waals surface area (Å²) < 4.78 is 0. The molecule has 0 N–H and O–H groups in total. The third kappa shape index (κ3) is 3.62. The second-order valence-electron chi connectivity index (χ2n) is 4.84. The lowest BCUT2D eigenvalue weighted by atomic mass is 9.77. The molecule has 0 spiro atoms. The highest BCUT2D eigenvalue weighted by atomic mass is 35.5. The molecule has 1 heteroatoms. The van der Waals surface area contributed by atoms with Gasteiger partial charge in [0.2, 0.25) is 0 Å². The molecule has 0 aliphatic carbocycles. The van der Waals surface area contributed by atoms with Crippen molar-refractivity contribution in [2.24, 2.45) is 5.41 Å². The highest BCUT2D eigenvalue weighted by Crippen LogP contribution is 2.39. The van der Waals surface area contributed by atoms with E-state index in [2.05, 4.69) is 47.6 Å². The maximum absolute atomic E-state index is 6.28. The van der Waals surface area contributed by atoms with Crippen molar-refractivity contribution >= 4 is 11.6 Å². The zero-order valence-corrected chi connectivity index (χ0v) is 9.92. The minimum atomic E-state index is -0.140. The third-order valence-corrected chi connectivity index (χ3v) is 3.14. The van der Waals surface area contributed by atoms with Crippen molar-refractivity contribution in [3.63, 3.8) is 0 Å². The van der Waals surface area contributed by atoms with Crippen LogP contribution in [0.3, 0.4) is 0 Å². The lowest BCUT2D eigenvalue weighted by molar-refractivity contribution is 0.280. The van der Waals surface area contributed by atoms with Gasteiger partial charge >= 0.3 is 0 Å². The fraction of sp³-hybridized carbons (Fsp3) is 0.818. The Bertz CT molecular complexity index is 166. The predicted octanol–water partition coefficient (Wildman–Crippen LogP) is 4.39. The summed E-state index contributed by atoms with van der Waals surface area (Å²) in [5.74, 6) is 0. The topological polar surface area (TPSA) is 0 Å². The molecule has 0 unspecified atom stereocenters. The van der Waals surface area contributed by atoms with E-state index < -0.39 is 0 Å². The van der Waals surface area contributed by atoms with Crippen LogP contribution < -0.4 is 0 Å². The molecule has 0 aromatic carbocycles. The average Bonchev–Trinajstić information content (AvgIpc) is 1.81. The molecule has 0 nitrogen and oxygen atoms in total. The molecule has 0 radical (unpaired) electrons. The lowest BCUT2D eigenvalue weighted by Crippen LogP contribution is -2.33. The molecule has 0 heterocycles. The second-order valence-corrected chi connectivity index (χ2v) is 5.79. The SMILES string of the molecule is CC(C)=CCC(C)(C)C(C)(C)Cl. The van der Waals surface area contributed by atoms with E-state index in [9.17, 15) is 0 Å². The number of hydrogen-bond acceptors (Lipinski definition) is 0. The number of alkyl halides is 1. The van der Waals surface area contributed by atoms with Gasteiger partial charge in [-0.1, -0.05) is 25.5 Å². The summed E-state index contributed by atoms with van der Waals surface area (Å²) in [7, 11) is 0. The minimum absolute atomic E-state index is 0.140. The van der Waals surface area contributed by atoms with Crippen molar-refractivity contribution in [1.82, 2.24) is 0 Å². The van der Waals surface area contributed by atoms with Crippen LogP contribution in [0.5, 0.6) is 0 Å². The van der Waals surface area contributed by atoms with Crippen LogP contribution in [-0.2, 0) is 0 Å². The highest BCUT2D eigenvalue weighted by molar-refractivity contribution is 6.23. The largest absolute Gasteiger partial charge is 0.119 e. The maximum atomic E-state index is 6.28. The minimum Gasteiger partial charge on any atom is -0.119 e. The Labute approximate surface area is 82.0 Å². The Morgan fingerprint density at radius 2 is 1.58 bits per heavy atom. The molecule has 0 fully saturated rings. The van der Waals surface area contributed by atoms with Crippen molar-refractivity contribution in [1.29, 1.82) is 0 Å². The molecule has 0 aromatic rings. The monoisotopic (exact) mass is 188 g/mol. The quantitative estimate of drug-likeness (QED) is 0.456. The Morgan fingerprint density at radius 3 is 1.83 bits per heavy atom. The van der Waals surface area contributed by atoms with E-state index in [-0.39, 0.29) is 10.3 Å². The number of halogens is 1. The molecule has 0 aliphatic rings. The predicted molar refractivity (Wildman–Crippen MR) is 57.8 cm³/mol. The molecule has 0 saturated carbocycles. The Morgan fingerprint density at radius 1 is 1.17 bits per heavy atom. The molecule has 0 aliphatic heterocycles. The first kappa shape index (κ1) is 12.0. The molecule has 0 amide bonds. The van der Waals surface area contributed by atoms with Crippen LogP contribution in [0.25, 0.3) is 0 Å². The summed E-state index contributed by atoms with van der Waals surface area (Å²) in [4.78, 5) is -0.140. The summed E-state index contributed by atoms with van der Waals surface area (Å²) >= 11 is 6.28. The summed E-state index contributed by atoms with van der Waals surface area (Å²) in [5, 5.41) is 0. The van der Waals surface area contributed by atoms with Crippen LogP contribution in [0.4, 0.5) is 0 Å². The highest BCUT2D eigenvalue weighted by Gasteiger charge is 2.33. The normalized spacial score (nSPS) is 12.9. The van der Waals surface area contributed by atoms with Gasteiger partial charge in [0.25, 0.3) is 0 Å². The average molecular weight is 189 g/mol. The van der Waals surface area contributed by atoms with E-state index in [0.717, 1.165) is 6.42 Å². The van der Waals surface area contributed by atoms with Crippen LogP contribution in [0.15, 0.2) is 11.6 Å². The third-order valence-electron chi connectivity index (χ3n) is 2.63. The van der Waals surface area contributed by atoms with Gasteiger partial charge in [-0.25, -0.2) is 0 Å². The molecule has 0 atom stereocenters. The summed E-state index contributed by atoms with van der Waals surface area (Å²) in [6.07, 6.45) is 3.30. The van der Waals surface area contributed by atoms with Gasteiger partial charge in [-0.3, -0.25) is 0 Å². The van der Waals surface area contributed by atoms with Crippen molar-refractivity contribution in [3.8, 4) is 0 Å². The van der Waals surface area contributed by atoms with E-state index in [1.54, 1.807) is 0 Å². The van der Waals surface area contributed by atoms with E-state index >= 15 is 0 Å². The lowest BCUT2D eigenvalue weighted by Gasteiger charge is -2.35. The van der Waals surface area contributed by atoms with E-state index in [1.807, 2.05) is 0 Å². The standard InChI is InChI=1S/C11H21Cl/c1-9(2)7-8-10(3,4)11(5,6)12/h7H,8H2,1-6H3. The summed E-state index contributed by atoms with van der Waals surface area (Å²) in [6, 6.07) is 0. The smallest absolute Gasteiger partial charge is 0.0444 e. The molecular weight excluding hydrogens is 168 g/mol. The Balaban J connectivity index is 4.34. The molecular formula is C11H21Cl. The van der Waals surface area contributed by atoms with Gasteiger partial charge in [-0.15, -0.1) is 11.6 Å². The first-order chi connectivity index (χ1) is 5.17. The summed E-state index contributed by atoms with van der Waals surface area (Å²) in [6.45, 7) is 12.8. The Kier molecular flexibility index (Phi) is 3.84. The number of allylic oxidation sites excluding steroid dienone is 2. The second kappa shape index (κ2) is 3.83. The molecule has 0 aromatic heterocycles. The first-order valence-electron chi connectivity index (χ1n) is 4.49. The van der Waals surface area contributed by atoms with E-state index in [0.29, 0.717) is 0 Å². The van der Waals surface area contributed by atoms with Gasteiger partial charge in [0, 0.05) is 4.87 Å². The molecule has 0 bridgehead atoms. The summed E-state index contributed by atoms with van der Waals surface area (Å²) in [5.41, 5.74) is 1.52. The fourth-order valence-electron chi connectivity index (χ4n) is 0.702. The van der Waals surface area contributed by atoms with E-state index in [4.69, 9.17) is 11.6 Å².